The molecular formula is C9H10O2Se. The Morgan fingerprint density at radius 1 is 1.58 bits per heavy atom. The van der Waals surface area contributed by atoms with Crippen LogP contribution in [0.1, 0.15) is 12.5 Å². The van der Waals surface area contributed by atoms with Crippen LogP contribution in [-0.2, 0) is 10.3 Å². The standard InChI is InChI=1S/C9H10O2Se/c1-6-4-7-5-8(10)2-3-9(7)12(6)11/h2-3,5-6,10H,4H2,1H3. The molecule has 1 heterocycles. The van der Waals surface area contributed by atoms with Gasteiger partial charge in [-0.3, -0.25) is 0 Å². The zero-order chi connectivity index (χ0) is 8.72. The molecule has 2 atom stereocenters. The fourth-order valence-electron chi connectivity index (χ4n) is 1.52. The first-order valence-electron chi connectivity index (χ1n) is 3.91. The monoisotopic (exact) mass is 230 g/mol. The molecule has 3 heteroatoms. The third kappa shape index (κ3) is 1.10. The van der Waals surface area contributed by atoms with Crippen molar-refractivity contribution in [3.05, 3.63) is 23.8 Å². The molecule has 0 saturated heterocycles. The van der Waals surface area contributed by atoms with Gasteiger partial charge < -0.3 is 0 Å². The van der Waals surface area contributed by atoms with E-state index in [4.69, 9.17) is 0 Å². The Morgan fingerprint density at radius 3 is 3.08 bits per heavy atom. The summed E-state index contributed by atoms with van der Waals surface area (Å²) in [6, 6.07) is 5.14. The van der Waals surface area contributed by atoms with Gasteiger partial charge in [-0.2, -0.15) is 0 Å². The van der Waals surface area contributed by atoms with Crippen molar-refractivity contribution < 1.29 is 8.94 Å². The van der Waals surface area contributed by atoms with Crippen LogP contribution in [0.4, 0.5) is 0 Å². The van der Waals surface area contributed by atoms with Gasteiger partial charge in [0.15, 0.2) is 0 Å². The summed E-state index contributed by atoms with van der Waals surface area (Å²) in [5, 5.41) is 9.18. The van der Waals surface area contributed by atoms with Crippen molar-refractivity contribution in [2.75, 3.05) is 0 Å². The van der Waals surface area contributed by atoms with Crippen LogP contribution in [0, 0.1) is 0 Å². The van der Waals surface area contributed by atoms with Crippen LogP contribution in [0.5, 0.6) is 5.75 Å². The summed E-state index contributed by atoms with van der Waals surface area (Å²) in [5.41, 5.74) is 1.07. The van der Waals surface area contributed by atoms with Crippen LogP contribution >= 0.6 is 0 Å². The van der Waals surface area contributed by atoms with Crippen LogP contribution in [0.2, 0.25) is 4.82 Å². The minimum atomic E-state index is -1.79. The Labute approximate surface area is 75.3 Å². The van der Waals surface area contributed by atoms with Crippen LogP contribution in [-0.4, -0.2) is 18.9 Å². The average molecular weight is 229 g/mol. The van der Waals surface area contributed by atoms with Crippen LogP contribution in [0.15, 0.2) is 18.2 Å². The molecule has 2 rings (SSSR count). The molecule has 12 heavy (non-hydrogen) atoms. The van der Waals surface area contributed by atoms with Crippen LogP contribution < -0.4 is 4.46 Å². The summed E-state index contributed by atoms with van der Waals surface area (Å²) in [5.74, 6) is 0.279. The topological polar surface area (TPSA) is 37.3 Å². The number of phenolic OH excluding ortho intramolecular Hbond substituents is 1. The van der Waals surface area contributed by atoms with Gasteiger partial charge in [0.1, 0.15) is 0 Å². The van der Waals surface area contributed by atoms with E-state index in [1.165, 1.54) is 0 Å². The van der Waals surface area contributed by atoms with Crippen molar-refractivity contribution in [1.82, 2.24) is 0 Å². The third-order valence-corrected chi connectivity index (χ3v) is 5.76. The molecule has 1 aromatic rings. The molecule has 0 aromatic heterocycles. The maximum atomic E-state index is 11.6. The number of hydrogen-bond donors (Lipinski definition) is 1. The Kier molecular flexibility index (Phi) is 1.78. The van der Waals surface area contributed by atoms with Gasteiger partial charge in [-0.1, -0.05) is 0 Å². The normalized spacial score (nSPS) is 27.1. The zero-order valence-electron chi connectivity index (χ0n) is 6.78. The van der Waals surface area contributed by atoms with E-state index in [2.05, 4.69) is 0 Å². The number of hydrogen-bond acceptors (Lipinski definition) is 2. The van der Waals surface area contributed by atoms with E-state index in [0.29, 0.717) is 4.82 Å². The van der Waals surface area contributed by atoms with Crippen LogP contribution in [0.3, 0.4) is 0 Å². The first-order valence-corrected chi connectivity index (χ1v) is 6.45. The molecule has 0 aliphatic carbocycles. The number of phenols is 1. The predicted octanol–water partition coefficient (Wildman–Crippen LogP) is 0.967. The number of aromatic hydroxyl groups is 1. The van der Waals surface area contributed by atoms with E-state index >= 15 is 0 Å². The van der Waals surface area contributed by atoms with Crippen molar-refractivity contribution in [3.8, 4) is 5.75 Å². The first kappa shape index (κ1) is 7.96. The minimum absolute atomic E-state index is 0.279. The summed E-state index contributed by atoms with van der Waals surface area (Å²) in [7, 11) is 0. The molecule has 0 saturated carbocycles. The number of fused-ring (bicyclic) bond motifs is 1. The van der Waals surface area contributed by atoms with Crippen molar-refractivity contribution >= 4 is 18.3 Å². The summed E-state index contributed by atoms with van der Waals surface area (Å²) in [6.07, 6.45) is 0.859. The third-order valence-electron chi connectivity index (χ3n) is 2.13. The van der Waals surface area contributed by atoms with Gasteiger partial charge in [0.05, 0.1) is 0 Å². The van der Waals surface area contributed by atoms with E-state index in [1.807, 2.05) is 6.92 Å². The first-order chi connectivity index (χ1) is 5.68. The summed E-state index contributed by atoms with van der Waals surface area (Å²) in [6.45, 7) is 2.01. The molecule has 1 aliphatic rings. The Bertz CT molecular complexity index is 346. The van der Waals surface area contributed by atoms with Crippen molar-refractivity contribution in [3.63, 3.8) is 0 Å². The molecular weight excluding hydrogens is 219 g/mol. The fourth-order valence-corrected chi connectivity index (χ4v) is 4.39. The number of benzene rings is 1. The Balaban J connectivity index is 2.54. The molecule has 64 valence electrons. The van der Waals surface area contributed by atoms with E-state index in [-0.39, 0.29) is 5.75 Å². The van der Waals surface area contributed by atoms with Gasteiger partial charge in [0, 0.05) is 0 Å². The second kappa shape index (κ2) is 2.68. The van der Waals surface area contributed by atoms with Gasteiger partial charge >= 0.3 is 74.9 Å². The average Bonchev–Trinajstić information content (AvgIpc) is 2.28. The van der Waals surface area contributed by atoms with E-state index in [9.17, 15) is 8.94 Å². The van der Waals surface area contributed by atoms with Crippen molar-refractivity contribution in [2.45, 2.75) is 18.2 Å². The molecule has 0 spiro atoms. The molecule has 0 fully saturated rings. The Morgan fingerprint density at radius 2 is 2.33 bits per heavy atom. The SMILES string of the molecule is CC1Cc2cc(O)ccc2[Se]1=O. The van der Waals surface area contributed by atoms with Gasteiger partial charge in [-0.05, 0) is 0 Å². The fraction of sp³-hybridized carbons (Fsp3) is 0.333. The van der Waals surface area contributed by atoms with Gasteiger partial charge in [0.25, 0.3) is 0 Å². The predicted molar refractivity (Wildman–Crippen MR) is 47.3 cm³/mol. The number of rotatable bonds is 0. The van der Waals surface area contributed by atoms with Gasteiger partial charge in [-0.15, -0.1) is 0 Å². The zero-order valence-corrected chi connectivity index (χ0v) is 8.49. The molecule has 2 unspecified atom stereocenters. The van der Waals surface area contributed by atoms with Gasteiger partial charge in [0.2, 0.25) is 0 Å². The van der Waals surface area contributed by atoms with E-state index < -0.39 is 13.8 Å². The summed E-state index contributed by atoms with van der Waals surface area (Å²) >= 11 is -1.79. The Hall–Kier alpha value is -0.661. The van der Waals surface area contributed by atoms with Gasteiger partial charge in [-0.25, -0.2) is 0 Å². The van der Waals surface area contributed by atoms with Crippen LogP contribution in [0.25, 0.3) is 0 Å². The maximum absolute atomic E-state index is 11.6. The van der Waals surface area contributed by atoms with Crippen molar-refractivity contribution in [2.24, 2.45) is 0 Å². The summed E-state index contributed by atoms with van der Waals surface area (Å²) in [4.78, 5) is 0.293. The van der Waals surface area contributed by atoms with E-state index in [1.54, 1.807) is 18.2 Å². The quantitative estimate of drug-likeness (QED) is 0.673. The molecule has 1 aromatic carbocycles. The molecule has 1 N–H and O–H groups in total. The molecule has 0 radical (unpaired) electrons. The van der Waals surface area contributed by atoms with E-state index in [0.717, 1.165) is 16.4 Å². The molecule has 1 aliphatic heterocycles. The second-order valence-corrected chi connectivity index (χ2v) is 6.96. The van der Waals surface area contributed by atoms with Crippen molar-refractivity contribution in [1.29, 1.82) is 0 Å². The second-order valence-electron chi connectivity index (χ2n) is 3.10. The molecule has 0 amide bonds. The molecule has 2 nitrogen and oxygen atoms in total. The summed E-state index contributed by atoms with van der Waals surface area (Å²) < 4.78 is 12.6. The molecule has 0 bridgehead atoms.